The lowest BCUT2D eigenvalue weighted by atomic mass is 9.47. The first kappa shape index (κ1) is 11.7. The first-order valence-corrected chi connectivity index (χ1v) is 6.74. The van der Waals surface area contributed by atoms with Gasteiger partial charge in [-0.05, 0) is 38.0 Å². The van der Waals surface area contributed by atoms with Gasteiger partial charge in [-0.2, -0.15) is 0 Å². The van der Waals surface area contributed by atoms with E-state index in [1.807, 2.05) is 6.92 Å². The number of hydrogen-bond acceptors (Lipinski definition) is 3. The molecule has 0 radical (unpaired) electrons. The van der Waals surface area contributed by atoms with E-state index < -0.39 is 5.60 Å². The standard InChI is InChI=1S/C14H22O3/c1-12(2)6-4-10(15)13(3)14(12)7-5-11(17-13)16-9-8-14/h11H,4-9H2,1-3H3/t11-,13+,14+/m1/s1. The molecule has 4 aliphatic rings. The Morgan fingerprint density at radius 2 is 1.94 bits per heavy atom. The lowest BCUT2D eigenvalue weighted by molar-refractivity contribution is -0.266. The second kappa shape index (κ2) is 3.33. The summed E-state index contributed by atoms with van der Waals surface area (Å²) in [6.07, 6.45) is 4.43. The Labute approximate surface area is 103 Å². The van der Waals surface area contributed by atoms with E-state index in [0.717, 1.165) is 32.3 Å². The summed E-state index contributed by atoms with van der Waals surface area (Å²) in [5.41, 5.74) is -0.481. The Morgan fingerprint density at radius 1 is 1.18 bits per heavy atom. The summed E-state index contributed by atoms with van der Waals surface area (Å²) in [7, 11) is 0. The fourth-order valence-corrected chi connectivity index (χ4v) is 4.44. The zero-order valence-electron chi connectivity index (χ0n) is 11.0. The van der Waals surface area contributed by atoms with E-state index in [1.54, 1.807) is 0 Å². The maximum absolute atomic E-state index is 12.4. The van der Waals surface area contributed by atoms with Crippen molar-refractivity contribution in [1.29, 1.82) is 0 Å². The quantitative estimate of drug-likeness (QED) is 0.651. The second-order valence-electron chi connectivity index (χ2n) is 6.63. The number of Topliss-reactive ketones (excluding diaryl/α,β-unsaturated/α-hetero) is 1. The summed E-state index contributed by atoms with van der Waals surface area (Å²) >= 11 is 0. The van der Waals surface area contributed by atoms with Crippen molar-refractivity contribution in [2.24, 2.45) is 10.8 Å². The minimum absolute atomic E-state index is 0.0255. The van der Waals surface area contributed by atoms with E-state index in [-0.39, 0.29) is 22.9 Å². The van der Waals surface area contributed by atoms with Gasteiger partial charge in [-0.15, -0.1) is 0 Å². The highest BCUT2D eigenvalue weighted by Crippen LogP contribution is 2.63. The van der Waals surface area contributed by atoms with Gasteiger partial charge in [0.1, 0.15) is 5.60 Å². The van der Waals surface area contributed by atoms with Gasteiger partial charge in [0.05, 0.1) is 6.61 Å². The van der Waals surface area contributed by atoms with Crippen LogP contribution in [0.1, 0.15) is 52.9 Å². The molecule has 1 spiro atoms. The molecule has 4 fully saturated rings. The maximum Gasteiger partial charge on any atom is 0.165 e. The number of carbonyl (C=O) groups excluding carboxylic acids is 1. The lowest BCUT2D eigenvalue weighted by Gasteiger charge is -2.60. The molecule has 1 aliphatic carbocycles. The van der Waals surface area contributed by atoms with Gasteiger partial charge in [-0.1, -0.05) is 13.8 Å². The molecule has 3 nitrogen and oxygen atoms in total. The van der Waals surface area contributed by atoms with Crippen LogP contribution in [0.5, 0.6) is 0 Å². The molecule has 3 saturated heterocycles. The highest BCUT2D eigenvalue weighted by molar-refractivity contribution is 5.89. The summed E-state index contributed by atoms with van der Waals surface area (Å²) in [5.74, 6) is 0.284. The van der Waals surface area contributed by atoms with E-state index in [1.165, 1.54) is 0 Å². The molecule has 0 unspecified atom stereocenters. The molecule has 3 atom stereocenters. The van der Waals surface area contributed by atoms with Crippen LogP contribution in [-0.2, 0) is 14.3 Å². The van der Waals surface area contributed by atoms with Gasteiger partial charge in [0.15, 0.2) is 12.1 Å². The minimum atomic E-state index is -0.617. The topological polar surface area (TPSA) is 35.5 Å². The molecule has 0 aromatic carbocycles. The fourth-order valence-electron chi connectivity index (χ4n) is 4.44. The number of ether oxygens (including phenoxy) is 2. The normalized spacial score (nSPS) is 48.6. The van der Waals surface area contributed by atoms with Gasteiger partial charge in [0.2, 0.25) is 0 Å². The maximum atomic E-state index is 12.4. The Morgan fingerprint density at radius 3 is 2.71 bits per heavy atom. The van der Waals surface area contributed by atoms with Crippen molar-refractivity contribution in [1.82, 2.24) is 0 Å². The van der Waals surface area contributed by atoms with E-state index in [9.17, 15) is 4.79 Å². The molecule has 2 bridgehead atoms. The molecule has 3 heteroatoms. The summed E-state index contributed by atoms with van der Waals surface area (Å²) in [6.45, 7) is 7.34. The van der Waals surface area contributed by atoms with Crippen LogP contribution >= 0.6 is 0 Å². The summed E-state index contributed by atoms with van der Waals surface area (Å²) in [6, 6.07) is 0. The van der Waals surface area contributed by atoms with E-state index >= 15 is 0 Å². The third-order valence-corrected chi connectivity index (χ3v) is 5.72. The largest absolute Gasteiger partial charge is 0.353 e. The van der Waals surface area contributed by atoms with Crippen LogP contribution in [0.15, 0.2) is 0 Å². The Kier molecular flexibility index (Phi) is 2.28. The predicted molar refractivity (Wildman–Crippen MR) is 63.5 cm³/mol. The van der Waals surface area contributed by atoms with Crippen LogP contribution in [0.4, 0.5) is 0 Å². The zero-order valence-corrected chi connectivity index (χ0v) is 11.0. The smallest absolute Gasteiger partial charge is 0.165 e. The van der Waals surface area contributed by atoms with Crippen LogP contribution in [-0.4, -0.2) is 24.3 Å². The zero-order chi connectivity index (χ0) is 12.3. The van der Waals surface area contributed by atoms with E-state index in [2.05, 4.69) is 13.8 Å². The van der Waals surface area contributed by atoms with Crippen LogP contribution < -0.4 is 0 Å². The Balaban J connectivity index is 2.14. The number of ketones is 1. The predicted octanol–water partition coefficient (Wildman–Crippen LogP) is 2.68. The van der Waals surface area contributed by atoms with Gasteiger partial charge in [0.25, 0.3) is 0 Å². The number of fused-ring (bicyclic) bond motifs is 3. The molecule has 1 saturated carbocycles. The highest BCUT2D eigenvalue weighted by atomic mass is 16.7. The van der Waals surface area contributed by atoms with Crippen LogP contribution in [0.2, 0.25) is 0 Å². The molecule has 3 aliphatic heterocycles. The fraction of sp³-hybridized carbons (Fsp3) is 0.929. The second-order valence-corrected chi connectivity index (χ2v) is 6.63. The number of rotatable bonds is 0. The van der Waals surface area contributed by atoms with Gasteiger partial charge in [-0.25, -0.2) is 0 Å². The molecule has 17 heavy (non-hydrogen) atoms. The third kappa shape index (κ3) is 1.27. The average Bonchev–Trinajstić information content (AvgIpc) is 2.56. The first-order valence-electron chi connectivity index (χ1n) is 6.74. The Bertz CT molecular complexity index is 358. The average molecular weight is 238 g/mol. The van der Waals surface area contributed by atoms with Crippen LogP contribution in [0, 0.1) is 10.8 Å². The summed E-state index contributed by atoms with van der Waals surface area (Å²) in [5, 5.41) is 0. The molecular formula is C14H22O3. The third-order valence-electron chi connectivity index (χ3n) is 5.72. The Hall–Kier alpha value is -0.410. The summed E-state index contributed by atoms with van der Waals surface area (Å²) in [4.78, 5) is 12.4. The molecule has 4 rings (SSSR count). The molecule has 0 aromatic heterocycles. The van der Waals surface area contributed by atoms with Crippen molar-refractivity contribution in [3.05, 3.63) is 0 Å². The van der Waals surface area contributed by atoms with Crippen LogP contribution in [0.25, 0.3) is 0 Å². The monoisotopic (exact) mass is 238 g/mol. The number of carbonyl (C=O) groups is 1. The molecule has 3 heterocycles. The van der Waals surface area contributed by atoms with Crippen molar-refractivity contribution < 1.29 is 14.3 Å². The molecule has 0 N–H and O–H groups in total. The van der Waals surface area contributed by atoms with Crippen molar-refractivity contribution in [2.75, 3.05) is 6.61 Å². The van der Waals surface area contributed by atoms with Gasteiger partial charge in [-0.3, -0.25) is 4.79 Å². The van der Waals surface area contributed by atoms with Crippen molar-refractivity contribution in [2.45, 2.75) is 64.8 Å². The first-order chi connectivity index (χ1) is 7.91. The molecule has 0 amide bonds. The summed E-state index contributed by atoms with van der Waals surface area (Å²) < 4.78 is 11.8. The van der Waals surface area contributed by atoms with Gasteiger partial charge in [0, 0.05) is 11.8 Å². The molecule has 0 aromatic rings. The SMILES string of the molecule is CC1(C)CCC(=O)[C@]2(C)O[C@@H]3CC[C@]12CCO3. The van der Waals surface area contributed by atoms with Gasteiger partial charge < -0.3 is 9.47 Å². The van der Waals surface area contributed by atoms with E-state index in [4.69, 9.17) is 9.47 Å². The van der Waals surface area contributed by atoms with Crippen molar-refractivity contribution >= 4 is 5.78 Å². The number of hydrogen-bond donors (Lipinski definition) is 0. The van der Waals surface area contributed by atoms with Gasteiger partial charge >= 0.3 is 0 Å². The van der Waals surface area contributed by atoms with Crippen LogP contribution in [0.3, 0.4) is 0 Å². The van der Waals surface area contributed by atoms with Crippen molar-refractivity contribution in [3.63, 3.8) is 0 Å². The molecule has 96 valence electrons. The van der Waals surface area contributed by atoms with E-state index in [0.29, 0.717) is 6.42 Å². The van der Waals surface area contributed by atoms with Crippen molar-refractivity contribution in [3.8, 4) is 0 Å². The lowest BCUT2D eigenvalue weighted by Crippen LogP contribution is -2.65. The highest BCUT2D eigenvalue weighted by Gasteiger charge is 2.66. The minimum Gasteiger partial charge on any atom is -0.353 e. The molecular weight excluding hydrogens is 216 g/mol.